The van der Waals surface area contributed by atoms with Gasteiger partial charge in [0.1, 0.15) is 11.8 Å². The molecule has 3 unspecified atom stereocenters. The number of esters is 1. The van der Waals surface area contributed by atoms with Crippen LogP contribution in [0.3, 0.4) is 0 Å². The Morgan fingerprint density at radius 3 is 2.85 bits per heavy atom. The number of rotatable bonds is 9. The van der Waals surface area contributed by atoms with Crippen molar-refractivity contribution in [2.75, 3.05) is 13.2 Å². The summed E-state index contributed by atoms with van der Waals surface area (Å²) in [5.74, 6) is -3.64. The number of halogens is 4. The molecule has 2 fully saturated rings. The van der Waals surface area contributed by atoms with E-state index in [-0.39, 0.29) is 24.0 Å². The van der Waals surface area contributed by atoms with Crippen LogP contribution < -0.4 is 9.61 Å². The van der Waals surface area contributed by atoms with E-state index in [9.17, 15) is 18.4 Å². The van der Waals surface area contributed by atoms with Gasteiger partial charge in [-0.3, -0.25) is 9.69 Å². The van der Waals surface area contributed by atoms with Crippen molar-refractivity contribution in [3.63, 3.8) is 0 Å². The van der Waals surface area contributed by atoms with Crippen LogP contribution in [0.1, 0.15) is 19.8 Å². The van der Waals surface area contributed by atoms with E-state index < -0.39 is 51.2 Å². The Balaban J connectivity index is 1.70. The lowest BCUT2D eigenvalue weighted by Gasteiger charge is -2.27. The zero-order valence-corrected chi connectivity index (χ0v) is 20.4. The molecule has 1 aromatic carbocycles. The third kappa shape index (κ3) is 6.62. The first kappa shape index (κ1) is 26.7. The molecule has 2 aliphatic heterocycles. The van der Waals surface area contributed by atoms with E-state index in [2.05, 4.69) is 16.8 Å². The van der Waals surface area contributed by atoms with Crippen molar-refractivity contribution >= 4 is 50.4 Å². The number of benzene rings is 1. The lowest BCUT2D eigenvalue weighted by Crippen LogP contribution is -2.44. The fraction of sp³-hybridized carbons (Fsp3) is 0.450. The number of amides is 2. The van der Waals surface area contributed by atoms with Gasteiger partial charge in [-0.1, -0.05) is 29.3 Å². The highest BCUT2D eigenvalue weighted by Gasteiger charge is 2.54. The second-order valence-corrected chi connectivity index (χ2v) is 9.32. The molecule has 186 valence electrons. The van der Waals surface area contributed by atoms with Crippen molar-refractivity contribution in [3.8, 4) is 5.75 Å². The SMILES string of the molecule is C=NC(=O)N(/C=C\C)C1OC(COP(N[C@H]2CCOC2=O)Oc2ccc(Cl)cc2Cl)CC1(F)F. The minimum atomic E-state index is -3.38. The van der Waals surface area contributed by atoms with E-state index in [4.69, 9.17) is 41.7 Å². The Hall–Kier alpha value is -1.88. The minimum absolute atomic E-state index is 0.195. The molecule has 0 aromatic heterocycles. The molecule has 1 aromatic rings. The van der Waals surface area contributed by atoms with Gasteiger partial charge in [0.25, 0.3) is 5.92 Å². The highest BCUT2D eigenvalue weighted by Crippen LogP contribution is 2.43. The molecule has 1 N–H and O–H groups in total. The molecule has 14 heteroatoms. The highest BCUT2D eigenvalue weighted by molar-refractivity contribution is 7.45. The second kappa shape index (κ2) is 11.7. The average Bonchev–Trinajstić information content (AvgIpc) is 3.32. The number of nitrogens with one attached hydrogen (secondary N) is 1. The number of carbonyl (C=O) groups is 2. The summed E-state index contributed by atoms with van der Waals surface area (Å²) in [6, 6.07) is 2.84. The zero-order valence-electron chi connectivity index (χ0n) is 18.0. The van der Waals surface area contributed by atoms with E-state index in [1.165, 1.54) is 18.2 Å². The van der Waals surface area contributed by atoms with Gasteiger partial charge >= 0.3 is 20.5 Å². The molecule has 4 atom stereocenters. The molecule has 34 heavy (non-hydrogen) atoms. The van der Waals surface area contributed by atoms with Gasteiger partial charge in [-0.15, -0.1) is 0 Å². The van der Waals surface area contributed by atoms with E-state index in [1.54, 1.807) is 13.0 Å². The van der Waals surface area contributed by atoms with Gasteiger partial charge < -0.3 is 18.5 Å². The first-order valence-corrected chi connectivity index (χ1v) is 12.0. The predicted octanol–water partition coefficient (Wildman–Crippen LogP) is 4.93. The monoisotopic (exact) mass is 539 g/mol. The molecule has 0 spiro atoms. The average molecular weight is 540 g/mol. The molecule has 3 rings (SSSR count). The molecule has 0 radical (unpaired) electrons. The third-order valence-electron chi connectivity index (χ3n) is 4.75. The number of urea groups is 1. The summed E-state index contributed by atoms with van der Waals surface area (Å²) in [4.78, 5) is 27.7. The molecule has 2 heterocycles. The summed E-state index contributed by atoms with van der Waals surface area (Å²) in [5.41, 5.74) is 0. The maximum Gasteiger partial charge on any atom is 0.349 e. The molecule has 9 nitrogen and oxygen atoms in total. The molecular weight excluding hydrogens is 518 g/mol. The van der Waals surface area contributed by atoms with Crippen molar-refractivity contribution in [1.29, 1.82) is 0 Å². The molecule has 0 bridgehead atoms. The number of hydrogen-bond acceptors (Lipinski definition) is 7. The number of hydrogen-bond donors (Lipinski definition) is 1. The van der Waals surface area contributed by atoms with Crippen molar-refractivity contribution in [2.24, 2.45) is 4.99 Å². The van der Waals surface area contributed by atoms with Crippen LogP contribution in [-0.4, -0.2) is 61.1 Å². The van der Waals surface area contributed by atoms with Gasteiger partial charge in [0.05, 0.1) is 24.3 Å². The Morgan fingerprint density at radius 1 is 1.47 bits per heavy atom. The zero-order chi connectivity index (χ0) is 24.9. The summed E-state index contributed by atoms with van der Waals surface area (Å²) in [6.07, 6.45) is -0.756. The fourth-order valence-electron chi connectivity index (χ4n) is 3.21. The molecule has 2 amide bonds. The number of ether oxygens (including phenoxy) is 2. The third-order valence-corrected chi connectivity index (χ3v) is 6.55. The smallest absolute Gasteiger partial charge is 0.349 e. The summed E-state index contributed by atoms with van der Waals surface area (Å²) >= 11 is 12.1. The van der Waals surface area contributed by atoms with Crippen molar-refractivity contribution in [3.05, 3.63) is 40.5 Å². The standard InChI is InChI=1S/C20H22Cl2F2N3O6P/c1-3-7-27(19(29)25-2)18-20(23,24)10-13(32-18)11-31-34(26-15-6-8-30-17(15)28)33-16-5-4-12(21)9-14(16)22/h3-5,7,9,13,15,18,26H,2,6,8,10-11H2,1H3/b7-3-/t13?,15-,18?,34?/m0/s1. The summed E-state index contributed by atoms with van der Waals surface area (Å²) in [7, 11) is -2.03. The number of alkyl halides is 2. The lowest BCUT2D eigenvalue weighted by atomic mass is 10.2. The van der Waals surface area contributed by atoms with Crippen LogP contribution in [0, 0.1) is 0 Å². The normalized spacial score (nSPS) is 24.7. The van der Waals surface area contributed by atoms with Crippen LogP contribution in [0.2, 0.25) is 10.0 Å². The molecule has 2 aliphatic rings. The number of carbonyl (C=O) groups excluding carboxylic acids is 2. The van der Waals surface area contributed by atoms with Gasteiger partial charge in [0.15, 0.2) is 0 Å². The number of allylic oxidation sites excluding steroid dienone is 1. The number of nitrogens with zero attached hydrogens (tertiary/aromatic N) is 2. The second-order valence-electron chi connectivity index (χ2n) is 7.26. The lowest BCUT2D eigenvalue weighted by molar-refractivity contribution is -0.139. The van der Waals surface area contributed by atoms with Crippen molar-refractivity contribution in [2.45, 2.75) is 44.1 Å². The summed E-state index contributed by atoms with van der Waals surface area (Å²) in [5, 5.41) is 3.48. The van der Waals surface area contributed by atoms with Crippen LogP contribution in [0.15, 0.2) is 35.5 Å². The molecule has 0 saturated carbocycles. The van der Waals surface area contributed by atoms with Crippen LogP contribution >= 0.6 is 31.7 Å². The van der Waals surface area contributed by atoms with Gasteiger partial charge in [0.2, 0.25) is 6.23 Å². The number of aliphatic imine (C=N–C) groups is 1. The van der Waals surface area contributed by atoms with E-state index >= 15 is 0 Å². The van der Waals surface area contributed by atoms with Gasteiger partial charge in [0, 0.05) is 24.1 Å². The van der Waals surface area contributed by atoms with Crippen molar-refractivity contribution < 1.29 is 36.9 Å². The Bertz CT molecular complexity index is 957. The summed E-state index contributed by atoms with van der Waals surface area (Å²) in [6.45, 7) is 4.56. The van der Waals surface area contributed by atoms with Gasteiger partial charge in [-0.25, -0.2) is 23.7 Å². The largest absolute Gasteiger partial charge is 0.464 e. The molecule has 0 aliphatic carbocycles. The molecule has 2 saturated heterocycles. The first-order valence-electron chi connectivity index (χ1n) is 10.1. The van der Waals surface area contributed by atoms with Crippen LogP contribution in [0.4, 0.5) is 13.6 Å². The van der Waals surface area contributed by atoms with Crippen molar-refractivity contribution in [1.82, 2.24) is 9.99 Å². The summed E-state index contributed by atoms with van der Waals surface area (Å²) < 4.78 is 51.2. The van der Waals surface area contributed by atoms with Crippen LogP contribution in [0.5, 0.6) is 5.75 Å². The van der Waals surface area contributed by atoms with E-state index in [1.807, 2.05) is 0 Å². The minimum Gasteiger partial charge on any atom is -0.464 e. The fourth-order valence-corrected chi connectivity index (χ4v) is 5.02. The quantitative estimate of drug-likeness (QED) is 0.270. The van der Waals surface area contributed by atoms with Gasteiger partial charge in [-0.05, 0) is 31.8 Å². The Labute approximate surface area is 205 Å². The Kier molecular flexibility index (Phi) is 9.20. The van der Waals surface area contributed by atoms with E-state index in [0.717, 1.165) is 6.20 Å². The van der Waals surface area contributed by atoms with Crippen LogP contribution in [-0.2, 0) is 18.8 Å². The Morgan fingerprint density at radius 2 is 2.24 bits per heavy atom. The topological polar surface area (TPSA) is 98.7 Å². The maximum atomic E-state index is 14.7. The molecular formula is C20H22Cl2F2N3O6P. The maximum absolute atomic E-state index is 14.7. The predicted molar refractivity (Wildman–Crippen MR) is 122 cm³/mol. The highest BCUT2D eigenvalue weighted by atomic mass is 35.5. The van der Waals surface area contributed by atoms with Crippen LogP contribution in [0.25, 0.3) is 0 Å². The first-order chi connectivity index (χ1) is 16.1. The van der Waals surface area contributed by atoms with Gasteiger partial charge in [-0.2, -0.15) is 0 Å². The number of cyclic esters (lactones) is 1. The van der Waals surface area contributed by atoms with E-state index in [0.29, 0.717) is 16.3 Å².